The zero-order valence-corrected chi connectivity index (χ0v) is 22.4. The molecular weight excluding hydrogens is 458 g/mol. The van der Waals surface area contributed by atoms with Crippen LogP contribution in [-0.4, -0.2) is 29.2 Å². The summed E-state index contributed by atoms with van der Waals surface area (Å²) in [6.45, 7) is 14.3. The van der Waals surface area contributed by atoms with Gasteiger partial charge in [-0.2, -0.15) is 0 Å². The van der Waals surface area contributed by atoms with Crippen molar-refractivity contribution in [2.24, 2.45) is 0 Å². The predicted molar refractivity (Wildman–Crippen MR) is 139 cm³/mol. The second-order valence-electron chi connectivity index (χ2n) is 11.0. The normalized spacial score (nSPS) is 12.5. The molecule has 0 radical (unpaired) electrons. The summed E-state index contributed by atoms with van der Waals surface area (Å²) in [6.07, 6.45) is 0.731. The van der Waals surface area contributed by atoms with Crippen molar-refractivity contribution >= 4 is 24.1 Å². The van der Waals surface area contributed by atoms with Crippen LogP contribution >= 0.6 is 0 Å². The Morgan fingerprint density at radius 2 is 1.33 bits per heavy atom. The fourth-order valence-corrected chi connectivity index (χ4v) is 3.05. The van der Waals surface area contributed by atoms with Crippen LogP contribution < -0.4 is 5.32 Å². The van der Waals surface area contributed by atoms with Crippen molar-refractivity contribution in [1.29, 1.82) is 0 Å². The lowest BCUT2D eigenvalue weighted by molar-refractivity contribution is -0.160. The van der Waals surface area contributed by atoms with E-state index in [9.17, 15) is 14.4 Å². The smallest absolute Gasteiger partial charge is 0.412 e. The molecule has 2 aromatic carbocycles. The lowest BCUT2D eigenvalue weighted by atomic mass is 9.84. The Hall–Kier alpha value is -3.61. The van der Waals surface area contributed by atoms with Crippen LogP contribution in [-0.2, 0) is 35.8 Å². The average Bonchev–Trinajstić information content (AvgIpc) is 2.75. The monoisotopic (exact) mass is 495 g/mol. The van der Waals surface area contributed by atoms with E-state index in [2.05, 4.69) is 5.32 Å². The maximum absolute atomic E-state index is 12.8. The van der Waals surface area contributed by atoms with E-state index < -0.39 is 28.7 Å². The highest BCUT2D eigenvalue weighted by Gasteiger charge is 2.34. The third-order valence-corrected chi connectivity index (χ3v) is 4.92. The molecule has 0 heterocycles. The van der Waals surface area contributed by atoms with E-state index in [0.717, 1.165) is 11.1 Å². The fraction of sp³-hybridized carbons (Fsp3) is 0.414. The minimum absolute atomic E-state index is 0.0516. The van der Waals surface area contributed by atoms with Crippen molar-refractivity contribution in [1.82, 2.24) is 5.32 Å². The summed E-state index contributed by atoms with van der Waals surface area (Å²) in [5, 5.41) is 2.50. The maximum Gasteiger partial charge on any atom is 0.412 e. The molecule has 0 unspecified atom stereocenters. The predicted octanol–water partition coefficient (Wildman–Crippen LogP) is 5.91. The Morgan fingerprint density at radius 3 is 1.86 bits per heavy atom. The van der Waals surface area contributed by atoms with Crippen LogP contribution in [0.4, 0.5) is 4.79 Å². The molecule has 7 nitrogen and oxygen atoms in total. The lowest BCUT2D eigenvalue weighted by Crippen LogP contribution is -2.36. The number of hydrogen-bond acceptors (Lipinski definition) is 6. The van der Waals surface area contributed by atoms with Gasteiger partial charge in [0.1, 0.15) is 23.5 Å². The molecule has 2 rings (SSSR count). The average molecular weight is 496 g/mol. The molecule has 2 aromatic rings. The first kappa shape index (κ1) is 28.6. The van der Waals surface area contributed by atoms with E-state index >= 15 is 0 Å². The summed E-state index contributed by atoms with van der Waals surface area (Å²) < 4.78 is 16.3. The van der Waals surface area contributed by atoms with Crippen LogP contribution in [0.25, 0.3) is 6.08 Å². The van der Waals surface area contributed by atoms with E-state index in [-0.39, 0.29) is 18.3 Å². The van der Waals surface area contributed by atoms with Crippen LogP contribution in [0.5, 0.6) is 0 Å². The minimum Gasteiger partial charge on any atom is -0.459 e. The van der Waals surface area contributed by atoms with Crippen LogP contribution in [0.3, 0.4) is 0 Å². The van der Waals surface area contributed by atoms with Crippen LogP contribution in [0.2, 0.25) is 0 Å². The van der Waals surface area contributed by atoms with Gasteiger partial charge in [0.25, 0.3) is 0 Å². The molecule has 0 fully saturated rings. The second-order valence-corrected chi connectivity index (χ2v) is 11.0. The third kappa shape index (κ3) is 9.21. The van der Waals surface area contributed by atoms with E-state index in [1.807, 2.05) is 51.1 Å². The lowest BCUT2D eigenvalue weighted by Gasteiger charge is -2.28. The number of carbonyl (C=O) groups excluding carboxylic acids is 3. The van der Waals surface area contributed by atoms with Gasteiger partial charge in [-0.3, -0.25) is 10.1 Å². The van der Waals surface area contributed by atoms with Gasteiger partial charge in [0, 0.05) is 0 Å². The number of alkyl carbamates (subject to hydrolysis) is 1. The number of benzene rings is 2. The van der Waals surface area contributed by atoms with Gasteiger partial charge in [-0.15, -0.1) is 0 Å². The number of hydrogen-bond donors (Lipinski definition) is 1. The van der Waals surface area contributed by atoms with Gasteiger partial charge in [-0.1, -0.05) is 54.6 Å². The molecule has 0 aromatic heterocycles. The molecule has 1 N–H and O–H groups in total. The molecule has 7 heteroatoms. The molecule has 1 amide bonds. The summed E-state index contributed by atoms with van der Waals surface area (Å²) in [7, 11) is 0. The summed E-state index contributed by atoms with van der Waals surface area (Å²) in [5.41, 5.74) is -0.0849. The zero-order chi connectivity index (χ0) is 27.1. The van der Waals surface area contributed by atoms with Gasteiger partial charge >= 0.3 is 18.0 Å². The molecule has 0 saturated heterocycles. The molecule has 194 valence electrons. The SMILES string of the molecule is CC(C)(C)OC(=O)NC(=Cc1ccc(C(C)(C)C(=O)OC(C)(C)C)cc1)C(=O)OCc1ccccc1. The van der Waals surface area contributed by atoms with Gasteiger partial charge < -0.3 is 14.2 Å². The number of ether oxygens (including phenoxy) is 3. The number of amides is 1. The molecule has 0 saturated carbocycles. The molecule has 36 heavy (non-hydrogen) atoms. The fourth-order valence-electron chi connectivity index (χ4n) is 3.05. The molecule has 0 aliphatic rings. The molecule has 0 bridgehead atoms. The van der Waals surface area contributed by atoms with Crippen molar-refractivity contribution in [2.45, 2.75) is 78.6 Å². The molecule has 0 spiro atoms. The highest BCUT2D eigenvalue weighted by Crippen LogP contribution is 2.27. The topological polar surface area (TPSA) is 90.9 Å². The van der Waals surface area contributed by atoms with Gasteiger partial charge in [-0.05, 0) is 78.2 Å². The zero-order valence-electron chi connectivity index (χ0n) is 22.4. The van der Waals surface area contributed by atoms with Crippen LogP contribution in [0, 0.1) is 0 Å². The van der Waals surface area contributed by atoms with Crippen molar-refractivity contribution in [2.75, 3.05) is 0 Å². The molecule has 0 atom stereocenters. The molecule has 0 aliphatic heterocycles. The summed E-state index contributed by atoms with van der Waals surface area (Å²) >= 11 is 0. The maximum atomic E-state index is 12.8. The van der Waals surface area contributed by atoms with Crippen molar-refractivity contribution in [3.63, 3.8) is 0 Å². The Morgan fingerprint density at radius 1 is 0.778 bits per heavy atom. The van der Waals surface area contributed by atoms with Crippen molar-refractivity contribution in [3.8, 4) is 0 Å². The van der Waals surface area contributed by atoms with Crippen molar-refractivity contribution in [3.05, 3.63) is 77.0 Å². The quantitative estimate of drug-likeness (QED) is 0.291. The van der Waals surface area contributed by atoms with Crippen molar-refractivity contribution < 1.29 is 28.6 Å². The Balaban J connectivity index is 2.27. The number of rotatable bonds is 7. The largest absolute Gasteiger partial charge is 0.459 e. The Labute approximate surface area is 213 Å². The summed E-state index contributed by atoms with van der Waals surface area (Å²) in [6, 6.07) is 16.3. The molecular formula is C29H37NO6. The van der Waals surface area contributed by atoms with E-state index in [1.165, 1.54) is 6.08 Å². The van der Waals surface area contributed by atoms with Gasteiger partial charge in [0.15, 0.2) is 0 Å². The van der Waals surface area contributed by atoms with Gasteiger partial charge in [-0.25, -0.2) is 9.59 Å². The minimum atomic E-state index is -0.873. The molecule has 0 aliphatic carbocycles. The third-order valence-electron chi connectivity index (χ3n) is 4.92. The standard InChI is InChI=1S/C29H37NO6/c1-27(2,3)35-25(32)29(7,8)22-16-14-20(15-17-22)18-23(30-26(33)36-28(4,5)6)24(31)34-19-21-12-10-9-11-13-21/h9-18H,19H2,1-8H3,(H,30,33). The first-order valence-corrected chi connectivity index (χ1v) is 11.8. The Bertz CT molecular complexity index is 1090. The summed E-state index contributed by atoms with van der Waals surface area (Å²) in [5.74, 6) is -1.04. The first-order chi connectivity index (χ1) is 16.6. The first-order valence-electron chi connectivity index (χ1n) is 11.8. The highest BCUT2D eigenvalue weighted by atomic mass is 16.6. The van der Waals surface area contributed by atoms with E-state index in [1.54, 1.807) is 58.9 Å². The Kier molecular flexibility index (Phi) is 9.08. The van der Waals surface area contributed by atoms with Gasteiger partial charge in [0.2, 0.25) is 0 Å². The second kappa shape index (κ2) is 11.4. The highest BCUT2D eigenvalue weighted by molar-refractivity contribution is 5.96. The summed E-state index contributed by atoms with van der Waals surface area (Å²) in [4.78, 5) is 37.9. The van der Waals surface area contributed by atoms with Crippen LogP contribution in [0.15, 0.2) is 60.3 Å². The van der Waals surface area contributed by atoms with Gasteiger partial charge in [0.05, 0.1) is 5.41 Å². The van der Waals surface area contributed by atoms with Crippen LogP contribution in [0.1, 0.15) is 72.1 Å². The van der Waals surface area contributed by atoms with E-state index in [4.69, 9.17) is 14.2 Å². The number of carbonyl (C=O) groups is 3. The van der Waals surface area contributed by atoms with E-state index in [0.29, 0.717) is 5.56 Å². The number of nitrogens with one attached hydrogen (secondary N) is 1. The number of esters is 2.